The smallest absolute Gasteiger partial charge is 0.221 e. The molecule has 1 heterocycles. The summed E-state index contributed by atoms with van der Waals surface area (Å²) in [4.78, 5) is 16.0. The number of carbonyl (C=O) groups excluding carboxylic acids is 1. The van der Waals surface area contributed by atoms with Crippen LogP contribution in [0.4, 0.5) is 0 Å². The Hall–Kier alpha value is -2.05. The van der Waals surface area contributed by atoms with E-state index in [0.717, 1.165) is 12.2 Å². The van der Waals surface area contributed by atoms with Crippen LogP contribution in [-0.4, -0.2) is 40.8 Å². The van der Waals surface area contributed by atoms with E-state index in [1.807, 2.05) is 33.9 Å². The van der Waals surface area contributed by atoms with Gasteiger partial charge >= 0.3 is 0 Å². The van der Waals surface area contributed by atoms with Crippen molar-refractivity contribution in [2.24, 2.45) is 12.0 Å². The van der Waals surface area contributed by atoms with Crippen LogP contribution in [0.2, 0.25) is 0 Å². The maximum Gasteiger partial charge on any atom is 0.221 e. The van der Waals surface area contributed by atoms with Crippen molar-refractivity contribution >= 4 is 11.9 Å². The molecule has 0 saturated carbocycles. The van der Waals surface area contributed by atoms with E-state index in [1.165, 1.54) is 0 Å². The largest absolute Gasteiger partial charge is 0.357 e. The van der Waals surface area contributed by atoms with Gasteiger partial charge in [-0.3, -0.25) is 9.48 Å². The van der Waals surface area contributed by atoms with E-state index in [9.17, 15) is 4.79 Å². The molecule has 0 aliphatic rings. The van der Waals surface area contributed by atoms with Gasteiger partial charge in [-0.25, -0.2) is 4.99 Å². The van der Waals surface area contributed by atoms with Crippen molar-refractivity contribution in [2.45, 2.75) is 39.8 Å². The molecule has 0 bridgehead atoms. The minimum Gasteiger partial charge on any atom is -0.357 e. The van der Waals surface area contributed by atoms with Crippen molar-refractivity contribution in [3.8, 4) is 0 Å². The molecule has 7 heteroatoms. The van der Waals surface area contributed by atoms with E-state index < -0.39 is 0 Å². The standard InChI is InChI=1S/C14H26N6O/c1-5-15-14(16-8-7-13(21)19-11(2)3)17-10-12-6-9-18-20(12)4/h6,9,11H,5,7-8,10H2,1-4H3,(H,19,21)(H2,15,16,17). The van der Waals surface area contributed by atoms with Gasteiger partial charge in [0, 0.05) is 38.8 Å². The SMILES string of the molecule is CCNC(=NCc1ccnn1C)NCCC(=O)NC(C)C. The van der Waals surface area contributed by atoms with Gasteiger partial charge in [0.25, 0.3) is 0 Å². The first-order valence-electron chi connectivity index (χ1n) is 7.31. The summed E-state index contributed by atoms with van der Waals surface area (Å²) in [5, 5.41) is 13.3. The normalized spacial score (nSPS) is 11.6. The van der Waals surface area contributed by atoms with E-state index in [2.05, 4.69) is 26.0 Å². The molecule has 7 nitrogen and oxygen atoms in total. The number of nitrogens with zero attached hydrogens (tertiary/aromatic N) is 3. The van der Waals surface area contributed by atoms with Crippen LogP contribution in [0.3, 0.4) is 0 Å². The second kappa shape index (κ2) is 8.99. The molecule has 1 aromatic heterocycles. The van der Waals surface area contributed by atoms with Crippen molar-refractivity contribution in [3.63, 3.8) is 0 Å². The Kier molecular flexibility index (Phi) is 7.28. The number of hydrogen-bond donors (Lipinski definition) is 3. The first kappa shape index (κ1) is 17.0. The highest BCUT2D eigenvalue weighted by Gasteiger charge is 2.04. The fourth-order valence-electron chi connectivity index (χ4n) is 1.75. The zero-order chi connectivity index (χ0) is 15.7. The molecule has 0 aromatic carbocycles. The molecule has 0 fully saturated rings. The predicted octanol–water partition coefficient (Wildman–Crippen LogP) is 0.390. The Labute approximate surface area is 126 Å². The number of aromatic nitrogens is 2. The second-order valence-corrected chi connectivity index (χ2v) is 5.04. The molecular weight excluding hydrogens is 268 g/mol. The number of nitrogens with one attached hydrogen (secondary N) is 3. The Bertz CT molecular complexity index is 466. The van der Waals surface area contributed by atoms with Gasteiger partial charge in [0.1, 0.15) is 0 Å². The highest BCUT2D eigenvalue weighted by Crippen LogP contribution is 1.97. The number of aryl methyl sites for hydroxylation is 1. The van der Waals surface area contributed by atoms with Gasteiger partial charge in [0.05, 0.1) is 12.2 Å². The average Bonchev–Trinajstić information content (AvgIpc) is 2.80. The van der Waals surface area contributed by atoms with Gasteiger partial charge in [-0.15, -0.1) is 0 Å². The highest BCUT2D eigenvalue weighted by atomic mass is 16.1. The molecule has 0 aliphatic heterocycles. The third kappa shape index (κ3) is 6.78. The summed E-state index contributed by atoms with van der Waals surface area (Å²) in [7, 11) is 1.89. The summed E-state index contributed by atoms with van der Waals surface area (Å²) in [6.07, 6.45) is 2.18. The zero-order valence-corrected chi connectivity index (χ0v) is 13.3. The molecule has 0 saturated heterocycles. The van der Waals surface area contributed by atoms with Gasteiger partial charge in [-0.1, -0.05) is 0 Å². The third-order valence-electron chi connectivity index (χ3n) is 2.76. The van der Waals surface area contributed by atoms with Crippen molar-refractivity contribution in [1.29, 1.82) is 0 Å². The monoisotopic (exact) mass is 294 g/mol. The predicted molar refractivity (Wildman–Crippen MR) is 83.9 cm³/mol. The van der Waals surface area contributed by atoms with E-state index in [-0.39, 0.29) is 11.9 Å². The van der Waals surface area contributed by atoms with Gasteiger partial charge in [0.15, 0.2) is 5.96 Å². The Morgan fingerprint density at radius 1 is 1.43 bits per heavy atom. The van der Waals surface area contributed by atoms with E-state index in [0.29, 0.717) is 25.5 Å². The van der Waals surface area contributed by atoms with Crippen molar-refractivity contribution in [2.75, 3.05) is 13.1 Å². The minimum atomic E-state index is 0.0417. The molecule has 0 aliphatic carbocycles. The van der Waals surface area contributed by atoms with Gasteiger partial charge in [-0.2, -0.15) is 5.10 Å². The van der Waals surface area contributed by atoms with Gasteiger partial charge in [-0.05, 0) is 26.8 Å². The first-order chi connectivity index (χ1) is 10.0. The zero-order valence-electron chi connectivity index (χ0n) is 13.3. The van der Waals surface area contributed by atoms with Crippen LogP contribution >= 0.6 is 0 Å². The van der Waals surface area contributed by atoms with Crippen LogP contribution in [0.5, 0.6) is 0 Å². The van der Waals surface area contributed by atoms with E-state index in [4.69, 9.17) is 0 Å². The lowest BCUT2D eigenvalue weighted by Gasteiger charge is -2.12. The first-order valence-corrected chi connectivity index (χ1v) is 7.31. The van der Waals surface area contributed by atoms with Crippen LogP contribution in [0, 0.1) is 0 Å². The number of carbonyl (C=O) groups is 1. The number of aliphatic imine (C=N–C) groups is 1. The molecule has 1 rings (SSSR count). The topological polar surface area (TPSA) is 83.3 Å². The van der Waals surface area contributed by atoms with E-state index in [1.54, 1.807) is 10.9 Å². The summed E-state index contributed by atoms with van der Waals surface area (Å²) in [6.45, 7) is 7.78. The Balaban J connectivity index is 2.42. The summed E-state index contributed by atoms with van der Waals surface area (Å²) in [5.41, 5.74) is 1.03. The van der Waals surface area contributed by atoms with Crippen LogP contribution in [0.25, 0.3) is 0 Å². The summed E-state index contributed by atoms with van der Waals surface area (Å²) in [5.74, 6) is 0.746. The fraction of sp³-hybridized carbons (Fsp3) is 0.643. The summed E-state index contributed by atoms with van der Waals surface area (Å²) in [6, 6.07) is 2.10. The van der Waals surface area contributed by atoms with Crippen molar-refractivity contribution in [3.05, 3.63) is 18.0 Å². The molecular formula is C14H26N6O. The molecule has 0 radical (unpaired) electrons. The Morgan fingerprint density at radius 3 is 2.76 bits per heavy atom. The summed E-state index contributed by atoms with van der Waals surface area (Å²) < 4.78 is 1.79. The lowest BCUT2D eigenvalue weighted by molar-refractivity contribution is -0.121. The molecule has 3 N–H and O–H groups in total. The fourth-order valence-corrected chi connectivity index (χ4v) is 1.75. The van der Waals surface area contributed by atoms with Crippen LogP contribution in [-0.2, 0) is 18.4 Å². The minimum absolute atomic E-state index is 0.0417. The molecule has 1 aromatic rings. The number of guanidine groups is 1. The number of hydrogen-bond acceptors (Lipinski definition) is 3. The van der Waals surface area contributed by atoms with Crippen LogP contribution in [0.1, 0.15) is 32.9 Å². The molecule has 118 valence electrons. The molecule has 21 heavy (non-hydrogen) atoms. The maximum atomic E-state index is 11.6. The van der Waals surface area contributed by atoms with Crippen LogP contribution in [0.15, 0.2) is 17.3 Å². The molecule has 0 spiro atoms. The van der Waals surface area contributed by atoms with Gasteiger partial charge < -0.3 is 16.0 Å². The second-order valence-electron chi connectivity index (χ2n) is 5.04. The number of amides is 1. The maximum absolute atomic E-state index is 11.6. The van der Waals surface area contributed by atoms with Crippen molar-refractivity contribution < 1.29 is 4.79 Å². The summed E-state index contributed by atoms with van der Waals surface area (Å²) >= 11 is 0. The van der Waals surface area contributed by atoms with Crippen molar-refractivity contribution in [1.82, 2.24) is 25.7 Å². The lowest BCUT2D eigenvalue weighted by Crippen LogP contribution is -2.40. The number of rotatable bonds is 7. The Morgan fingerprint density at radius 2 is 2.19 bits per heavy atom. The highest BCUT2D eigenvalue weighted by molar-refractivity contribution is 5.81. The molecule has 1 amide bonds. The lowest BCUT2D eigenvalue weighted by atomic mass is 10.3. The quantitative estimate of drug-likeness (QED) is 0.502. The van der Waals surface area contributed by atoms with E-state index >= 15 is 0 Å². The molecule has 0 unspecified atom stereocenters. The van der Waals surface area contributed by atoms with Gasteiger partial charge in [0.2, 0.25) is 5.91 Å². The van der Waals surface area contributed by atoms with Crippen LogP contribution < -0.4 is 16.0 Å². The average molecular weight is 294 g/mol. The molecule has 0 atom stereocenters. The third-order valence-corrected chi connectivity index (χ3v) is 2.76.